The summed E-state index contributed by atoms with van der Waals surface area (Å²) < 4.78 is 0. The standard InChI is InChI=1S/C18H36O2S/c1-2-3-4-5-10-13-16-21-17-14-11-8-6-7-9-12-15-18(19)20/h2-17H2,1H3,(H,19,20). The molecule has 0 aromatic carbocycles. The van der Waals surface area contributed by atoms with E-state index in [1.807, 2.05) is 0 Å². The molecule has 0 aromatic heterocycles. The second kappa shape index (κ2) is 17.9. The van der Waals surface area contributed by atoms with Crippen LogP contribution in [-0.4, -0.2) is 22.6 Å². The van der Waals surface area contributed by atoms with Gasteiger partial charge in [0.25, 0.3) is 0 Å². The third-order valence-corrected chi connectivity index (χ3v) is 4.98. The molecule has 0 bridgehead atoms. The monoisotopic (exact) mass is 316 g/mol. The predicted molar refractivity (Wildman–Crippen MR) is 95.3 cm³/mol. The minimum absolute atomic E-state index is 0.342. The van der Waals surface area contributed by atoms with Crippen LogP contribution in [0.2, 0.25) is 0 Å². The van der Waals surface area contributed by atoms with Crippen LogP contribution in [0.5, 0.6) is 0 Å². The summed E-state index contributed by atoms with van der Waals surface area (Å²) >= 11 is 2.13. The molecule has 0 unspecified atom stereocenters. The van der Waals surface area contributed by atoms with Crippen LogP contribution in [0.4, 0.5) is 0 Å². The number of hydrogen-bond donors (Lipinski definition) is 1. The quantitative estimate of drug-likeness (QED) is 0.321. The molecule has 0 rings (SSSR count). The van der Waals surface area contributed by atoms with Crippen molar-refractivity contribution in [3.63, 3.8) is 0 Å². The molecule has 21 heavy (non-hydrogen) atoms. The van der Waals surface area contributed by atoms with Crippen molar-refractivity contribution < 1.29 is 9.90 Å². The van der Waals surface area contributed by atoms with Gasteiger partial charge in [-0.1, -0.05) is 71.1 Å². The molecule has 1 N–H and O–H groups in total. The Kier molecular flexibility index (Phi) is 17.7. The van der Waals surface area contributed by atoms with Crippen molar-refractivity contribution in [3.8, 4) is 0 Å². The van der Waals surface area contributed by atoms with Gasteiger partial charge in [0.1, 0.15) is 0 Å². The van der Waals surface area contributed by atoms with Gasteiger partial charge in [-0.3, -0.25) is 4.79 Å². The van der Waals surface area contributed by atoms with E-state index in [1.165, 1.54) is 82.1 Å². The molecule has 0 radical (unpaired) electrons. The van der Waals surface area contributed by atoms with Gasteiger partial charge in [0.15, 0.2) is 0 Å². The van der Waals surface area contributed by atoms with E-state index in [9.17, 15) is 4.79 Å². The van der Waals surface area contributed by atoms with Gasteiger partial charge >= 0.3 is 5.97 Å². The first-order valence-corrected chi connectivity index (χ1v) is 10.2. The van der Waals surface area contributed by atoms with E-state index in [4.69, 9.17) is 5.11 Å². The Bertz CT molecular complexity index is 219. The smallest absolute Gasteiger partial charge is 0.303 e. The normalized spacial score (nSPS) is 10.9. The molecule has 0 aliphatic carbocycles. The predicted octanol–water partition coefficient (Wildman–Crippen LogP) is 6.29. The van der Waals surface area contributed by atoms with Crippen LogP contribution >= 0.6 is 11.8 Å². The summed E-state index contributed by atoms with van der Waals surface area (Å²) in [5, 5.41) is 8.53. The number of rotatable bonds is 17. The van der Waals surface area contributed by atoms with E-state index in [2.05, 4.69) is 18.7 Å². The Balaban J connectivity index is 2.95. The molecule has 0 fully saturated rings. The van der Waals surface area contributed by atoms with Crippen molar-refractivity contribution in [2.24, 2.45) is 0 Å². The fourth-order valence-corrected chi connectivity index (χ4v) is 3.47. The number of carboxylic acid groups (broad SMARTS) is 1. The molecular formula is C18H36O2S. The average molecular weight is 317 g/mol. The molecule has 3 heteroatoms. The fraction of sp³-hybridized carbons (Fsp3) is 0.944. The summed E-state index contributed by atoms with van der Waals surface area (Å²) in [4.78, 5) is 10.3. The summed E-state index contributed by atoms with van der Waals surface area (Å²) in [6.45, 7) is 2.27. The molecule has 0 saturated heterocycles. The lowest BCUT2D eigenvalue weighted by Gasteiger charge is -2.03. The fourth-order valence-electron chi connectivity index (χ4n) is 2.45. The molecule has 126 valence electrons. The van der Waals surface area contributed by atoms with Crippen LogP contribution in [0.1, 0.15) is 96.8 Å². The molecule has 0 spiro atoms. The van der Waals surface area contributed by atoms with Crippen molar-refractivity contribution in [1.29, 1.82) is 0 Å². The minimum atomic E-state index is -0.655. The third-order valence-electron chi connectivity index (χ3n) is 3.82. The molecule has 0 aliphatic heterocycles. The maximum Gasteiger partial charge on any atom is 0.303 e. The number of thioether (sulfide) groups is 1. The topological polar surface area (TPSA) is 37.3 Å². The molecule has 2 nitrogen and oxygen atoms in total. The first-order valence-electron chi connectivity index (χ1n) is 9.07. The number of carboxylic acids is 1. The zero-order chi connectivity index (χ0) is 15.6. The molecule has 0 aliphatic rings. The summed E-state index contributed by atoms with van der Waals surface area (Å²) in [5.41, 5.74) is 0. The van der Waals surface area contributed by atoms with Crippen molar-refractivity contribution >= 4 is 17.7 Å². The summed E-state index contributed by atoms with van der Waals surface area (Å²) in [5.74, 6) is 2.02. The van der Waals surface area contributed by atoms with Crippen LogP contribution in [0.25, 0.3) is 0 Å². The lowest BCUT2D eigenvalue weighted by molar-refractivity contribution is -0.137. The number of carbonyl (C=O) groups is 1. The maximum absolute atomic E-state index is 10.3. The SMILES string of the molecule is CCCCCCCCSCCCCCCCCCC(=O)O. The van der Waals surface area contributed by atoms with Gasteiger partial charge in [0.2, 0.25) is 0 Å². The van der Waals surface area contributed by atoms with Gasteiger partial charge in [0.05, 0.1) is 0 Å². The number of aliphatic carboxylic acids is 1. The Hall–Kier alpha value is -0.180. The lowest BCUT2D eigenvalue weighted by atomic mass is 10.1. The van der Waals surface area contributed by atoms with Gasteiger partial charge < -0.3 is 5.11 Å². The maximum atomic E-state index is 10.3. The molecule has 0 aromatic rings. The van der Waals surface area contributed by atoms with E-state index in [0.717, 1.165) is 12.8 Å². The van der Waals surface area contributed by atoms with Gasteiger partial charge in [-0.05, 0) is 30.8 Å². The zero-order valence-corrected chi connectivity index (χ0v) is 14.9. The first kappa shape index (κ1) is 20.8. The summed E-state index contributed by atoms with van der Waals surface area (Å²) in [6.07, 6.45) is 17.2. The second-order valence-corrected chi connectivity index (χ2v) is 7.22. The Labute approximate surface area is 136 Å². The van der Waals surface area contributed by atoms with Crippen LogP contribution in [-0.2, 0) is 4.79 Å². The third kappa shape index (κ3) is 19.8. The van der Waals surface area contributed by atoms with E-state index in [1.54, 1.807) is 0 Å². The van der Waals surface area contributed by atoms with Gasteiger partial charge in [0, 0.05) is 6.42 Å². The molecule has 0 heterocycles. The Morgan fingerprint density at radius 1 is 0.714 bits per heavy atom. The lowest BCUT2D eigenvalue weighted by Crippen LogP contribution is -1.93. The first-order chi connectivity index (χ1) is 10.3. The molecule has 0 saturated carbocycles. The minimum Gasteiger partial charge on any atom is -0.481 e. The van der Waals surface area contributed by atoms with E-state index in [-0.39, 0.29) is 0 Å². The van der Waals surface area contributed by atoms with Crippen molar-refractivity contribution in [2.75, 3.05) is 11.5 Å². The Morgan fingerprint density at radius 2 is 1.14 bits per heavy atom. The highest BCUT2D eigenvalue weighted by Crippen LogP contribution is 2.13. The molecular weight excluding hydrogens is 280 g/mol. The second-order valence-electron chi connectivity index (χ2n) is 6.00. The van der Waals surface area contributed by atoms with Crippen LogP contribution in [0.3, 0.4) is 0 Å². The van der Waals surface area contributed by atoms with Gasteiger partial charge in [-0.2, -0.15) is 11.8 Å². The van der Waals surface area contributed by atoms with Crippen LogP contribution in [0.15, 0.2) is 0 Å². The average Bonchev–Trinajstić information content (AvgIpc) is 2.46. The van der Waals surface area contributed by atoms with E-state index < -0.39 is 5.97 Å². The highest BCUT2D eigenvalue weighted by atomic mass is 32.2. The van der Waals surface area contributed by atoms with Crippen LogP contribution < -0.4 is 0 Å². The van der Waals surface area contributed by atoms with Gasteiger partial charge in [-0.25, -0.2) is 0 Å². The van der Waals surface area contributed by atoms with E-state index in [0.29, 0.717) is 6.42 Å². The highest BCUT2D eigenvalue weighted by Gasteiger charge is 1.97. The molecule has 0 amide bonds. The number of unbranched alkanes of at least 4 members (excludes halogenated alkanes) is 11. The largest absolute Gasteiger partial charge is 0.481 e. The summed E-state index contributed by atoms with van der Waals surface area (Å²) in [6, 6.07) is 0. The van der Waals surface area contributed by atoms with Crippen molar-refractivity contribution in [2.45, 2.75) is 96.8 Å². The van der Waals surface area contributed by atoms with E-state index >= 15 is 0 Å². The summed E-state index contributed by atoms with van der Waals surface area (Å²) in [7, 11) is 0. The molecule has 0 atom stereocenters. The highest BCUT2D eigenvalue weighted by molar-refractivity contribution is 7.99. The Morgan fingerprint density at radius 3 is 1.62 bits per heavy atom. The van der Waals surface area contributed by atoms with Gasteiger partial charge in [-0.15, -0.1) is 0 Å². The van der Waals surface area contributed by atoms with Crippen molar-refractivity contribution in [3.05, 3.63) is 0 Å². The van der Waals surface area contributed by atoms with Crippen molar-refractivity contribution in [1.82, 2.24) is 0 Å². The number of hydrogen-bond acceptors (Lipinski definition) is 2. The van der Waals surface area contributed by atoms with Crippen LogP contribution in [0, 0.1) is 0 Å². The zero-order valence-electron chi connectivity index (χ0n) is 14.1.